The molecule has 19 heavy (non-hydrogen) atoms. The van der Waals surface area contributed by atoms with E-state index in [2.05, 4.69) is 15.6 Å². The van der Waals surface area contributed by atoms with Gasteiger partial charge in [-0.25, -0.2) is 9.37 Å². The highest BCUT2D eigenvalue weighted by atomic mass is 32.1. The number of aromatic nitrogens is 1. The molecule has 0 radical (unpaired) electrons. The lowest BCUT2D eigenvalue weighted by atomic mass is 10.2. The van der Waals surface area contributed by atoms with E-state index in [0.717, 1.165) is 16.6 Å². The van der Waals surface area contributed by atoms with Crippen molar-refractivity contribution < 1.29 is 9.18 Å². The third kappa shape index (κ3) is 3.08. The largest absolute Gasteiger partial charge is 0.372 e. The van der Waals surface area contributed by atoms with Gasteiger partial charge in [-0.05, 0) is 30.0 Å². The van der Waals surface area contributed by atoms with Crippen LogP contribution in [0.25, 0.3) is 0 Å². The lowest BCUT2D eigenvalue weighted by molar-refractivity contribution is 0.0951. The van der Waals surface area contributed by atoms with Crippen molar-refractivity contribution in [2.24, 2.45) is 0 Å². The van der Waals surface area contributed by atoms with Crippen LogP contribution in [0.3, 0.4) is 0 Å². The van der Waals surface area contributed by atoms with Crippen LogP contribution in [0.1, 0.15) is 20.8 Å². The summed E-state index contributed by atoms with van der Waals surface area (Å²) in [5, 5.41) is 7.51. The van der Waals surface area contributed by atoms with Gasteiger partial charge in [-0.1, -0.05) is 0 Å². The Labute approximate surface area is 114 Å². The molecule has 0 saturated carbocycles. The molecule has 0 aliphatic rings. The van der Waals surface area contributed by atoms with E-state index >= 15 is 0 Å². The SMILES string of the molecule is CNc1ncc(F)cc1C(=O)NCc1sccc1C. The lowest BCUT2D eigenvalue weighted by Crippen LogP contribution is -2.24. The van der Waals surface area contributed by atoms with E-state index < -0.39 is 5.82 Å². The lowest BCUT2D eigenvalue weighted by Gasteiger charge is -2.08. The quantitative estimate of drug-likeness (QED) is 0.904. The Kier molecular flexibility index (Phi) is 4.11. The number of anilines is 1. The summed E-state index contributed by atoms with van der Waals surface area (Å²) in [4.78, 5) is 17.0. The van der Waals surface area contributed by atoms with Crippen molar-refractivity contribution in [2.45, 2.75) is 13.5 Å². The minimum absolute atomic E-state index is 0.205. The molecule has 4 nitrogen and oxygen atoms in total. The molecule has 0 aliphatic heterocycles. The number of aryl methyl sites for hydroxylation is 1. The maximum Gasteiger partial charge on any atom is 0.255 e. The second-order valence-electron chi connectivity index (χ2n) is 4.01. The normalized spacial score (nSPS) is 10.3. The van der Waals surface area contributed by atoms with Crippen molar-refractivity contribution in [2.75, 3.05) is 12.4 Å². The van der Waals surface area contributed by atoms with Crippen LogP contribution in [-0.2, 0) is 6.54 Å². The Hall–Kier alpha value is -1.95. The van der Waals surface area contributed by atoms with Gasteiger partial charge in [-0.15, -0.1) is 11.3 Å². The number of nitrogens with one attached hydrogen (secondary N) is 2. The standard InChI is InChI=1S/C13H14FN3OS/c1-8-3-4-19-11(8)7-17-13(18)10-5-9(14)6-16-12(10)15-2/h3-6H,7H2,1-2H3,(H,15,16)(H,17,18). The molecule has 0 bridgehead atoms. The number of thiophene rings is 1. The number of carbonyl (C=O) groups excluding carboxylic acids is 1. The van der Waals surface area contributed by atoms with Crippen molar-refractivity contribution in [1.29, 1.82) is 0 Å². The van der Waals surface area contributed by atoms with Gasteiger partial charge in [0, 0.05) is 11.9 Å². The molecule has 6 heteroatoms. The summed E-state index contributed by atoms with van der Waals surface area (Å²) in [6, 6.07) is 3.17. The summed E-state index contributed by atoms with van der Waals surface area (Å²) in [7, 11) is 1.64. The molecule has 0 saturated heterocycles. The van der Waals surface area contributed by atoms with Crippen LogP contribution in [-0.4, -0.2) is 17.9 Å². The van der Waals surface area contributed by atoms with Crippen LogP contribution in [0.15, 0.2) is 23.7 Å². The number of rotatable bonds is 4. The first-order valence-corrected chi connectivity index (χ1v) is 6.64. The van der Waals surface area contributed by atoms with Gasteiger partial charge in [0.1, 0.15) is 11.6 Å². The van der Waals surface area contributed by atoms with Gasteiger partial charge < -0.3 is 10.6 Å². The van der Waals surface area contributed by atoms with Crippen molar-refractivity contribution >= 4 is 23.1 Å². The summed E-state index contributed by atoms with van der Waals surface area (Å²) in [6.45, 7) is 2.42. The highest BCUT2D eigenvalue weighted by Crippen LogP contribution is 2.16. The van der Waals surface area contributed by atoms with Crippen molar-refractivity contribution in [3.63, 3.8) is 0 Å². The molecule has 2 aromatic rings. The van der Waals surface area contributed by atoms with Gasteiger partial charge >= 0.3 is 0 Å². The number of nitrogens with zero attached hydrogens (tertiary/aromatic N) is 1. The zero-order chi connectivity index (χ0) is 13.8. The van der Waals surface area contributed by atoms with E-state index in [0.29, 0.717) is 12.4 Å². The fourth-order valence-electron chi connectivity index (χ4n) is 1.65. The number of halogens is 1. The molecule has 0 unspecified atom stereocenters. The minimum atomic E-state index is -0.531. The topological polar surface area (TPSA) is 54.0 Å². The Morgan fingerprint density at radius 1 is 1.53 bits per heavy atom. The first kappa shape index (κ1) is 13.5. The average molecular weight is 279 g/mol. The second-order valence-corrected chi connectivity index (χ2v) is 5.01. The van der Waals surface area contributed by atoms with E-state index in [1.807, 2.05) is 18.4 Å². The molecule has 2 aromatic heterocycles. The van der Waals surface area contributed by atoms with E-state index in [4.69, 9.17) is 0 Å². The third-order valence-electron chi connectivity index (χ3n) is 2.71. The van der Waals surface area contributed by atoms with Crippen molar-refractivity contribution in [3.05, 3.63) is 45.5 Å². The van der Waals surface area contributed by atoms with Crippen LogP contribution in [0, 0.1) is 12.7 Å². The Morgan fingerprint density at radius 3 is 2.95 bits per heavy atom. The monoisotopic (exact) mass is 279 g/mol. The summed E-state index contributed by atoms with van der Waals surface area (Å²) in [5.41, 5.74) is 1.34. The third-order valence-corrected chi connectivity index (χ3v) is 3.74. The number of amides is 1. The van der Waals surface area contributed by atoms with E-state index in [-0.39, 0.29) is 11.5 Å². The first-order valence-electron chi connectivity index (χ1n) is 5.76. The van der Waals surface area contributed by atoms with Gasteiger partial charge in [-0.3, -0.25) is 4.79 Å². The summed E-state index contributed by atoms with van der Waals surface area (Å²) >= 11 is 1.58. The second kappa shape index (κ2) is 5.79. The number of carbonyl (C=O) groups is 1. The predicted molar refractivity (Wildman–Crippen MR) is 74.0 cm³/mol. The van der Waals surface area contributed by atoms with E-state index in [1.54, 1.807) is 18.4 Å². The molecule has 2 N–H and O–H groups in total. The molecular weight excluding hydrogens is 265 g/mol. The van der Waals surface area contributed by atoms with Crippen molar-refractivity contribution in [1.82, 2.24) is 10.3 Å². The smallest absolute Gasteiger partial charge is 0.255 e. The molecule has 1 amide bonds. The van der Waals surface area contributed by atoms with Gasteiger partial charge in [0.25, 0.3) is 5.91 Å². The molecule has 0 aliphatic carbocycles. The summed E-state index contributed by atoms with van der Waals surface area (Å²) < 4.78 is 13.2. The highest BCUT2D eigenvalue weighted by Gasteiger charge is 2.13. The molecule has 100 valence electrons. The molecule has 2 heterocycles. The Bertz CT molecular complexity index is 597. The maximum atomic E-state index is 13.2. The Balaban J connectivity index is 2.12. The summed E-state index contributed by atoms with van der Waals surface area (Å²) in [6.07, 6.45) is 1.08. The highest BCUT2D eigenvalue weighted by molar-refractivity contribution is 7.10. The fraction of sp³-hybridized carbons (Fsp3) is 0.231. The average Bonchev–Trinajstić information content (AvgIpc) is 2.81. The zero-order valence-electron chi connectivity index (χ0n) is 10.7. The molecule has 0 aromatic carbocycles. The van der Waals surface area contributed by atoms with Crippen LogP contribution in [0.4, 0.5) is 10.2 Å². The first-order chi connectivity index (χ1) is 9.11. The van der Waals surface area contributed by atoms with Gasteiger partial charge in [0.15, 0.2) is 0 Å². The van der Waals surface area contributed by atoms with Crippen LogP contribution in [0.5, 0.6) is 0 Å². The fourth-order valence-corrected chi connectivity index (χ4v) is 2.50. The van der Waals surface area contributed by atoms with Gasteiger partial charge in [-0.2, -0.15) is 0 Å². The van der Waals surface area contributed by atoms with Gasteiger partial charge in [0.05, 0.1) is 18.3 Å². The molecule has 2 rings (SSSR count). The molecule has 0 fully saturated rings. The Morgan fingerprint density at radius 2 is 2.32 bits per heavy atom. The van der Waals surface area contributed by atoms with Crippen LogP contribution < -0.4 is 10.6 Å². The zero-order valence-corrected chi connectivity index (χ0v) is 11.5. The molecule has 0 atom stereocenters. The van der Waals surface area contributed by atoms with Crippen molar-refractivity contribution in [3.8, 4) is 0 Å². The minimum Gasteiger partial charge on any atom is -0.372 e. The molecule has 0 spiro atoms. The number of pyridine rings is 1. The van der Waals surface area contributed by atoms with Crippen LogP contribution in [0.2, 0.25) is 0 Å². The van der Waals surface area contributed by atoms with E-state index in [9.17, 15) is 9.18 Å². The summed E-state index contributed by atoms with van der Waals surface area (Å²) in [5.74, 6) is -0.512. The van der Waals surface area contributed by atoms with Crippen LogP contribution >= 0.6 is 11.3 Å². The van der Waals surface area contributed by atoms with E-state index in [1.165, 1.54) is 6.07 Å². The molecular formula is C13H14FN3OS. The number of hydrogen-bond donors (Lipinski definition) is 2. The van der Waals surface area contributed by atoms with Gasteiger partial charge in [0.2, 0.25) is 0 Å². The number of hydrogen-bond acceptors (Lipinski definition) is 4. The predicted octanol–water partition coefficient (Wildman–Crippen LogP) is 2.56. The maximum absolute atomic E-state index is 13.2.